The number of rotatable bonds is 1. The molecule has 3 heteroatoms. The third-order valence-corrected chi connectivity index (χ3v) is 4.38. The van der Waals surface area contributed by atoms with Crippen LogP contribution in [0.4, 0.5) is 0 Å². The summed E-state index contributed by atoms with van der Waals surface area (Å²) in [6.07, 6.45) is 4.34. The maximum absolute atomic E-state index is 12.3. The van der Waals surface area contributed by atoms with Crippen LogP contribution in [-0.2, 0) is 9.59 Å². The normalized spacial score (nSPS) is 33.2. The number of Topliss-reactive ketones (excluding diaryl/α,β-unsaturated/α-hetero) is 2. The number of carbonyl (C=O) groups is 2. The molecule has 0 aromatic carbocycles. The topological polar surface area (TPSA) is 54.4 Å². The van der Waals surface area contributed by atoms with Gasteiger partial charge in [-0.2, -0.15) is 0 Å². The fraction of sp³-hybridized carbons (Fsp3) is 0.571. The second-order valence-electron chi connectivity index (χ2n) is 5.23. The van der Waals surface area contributed by atoms with Crippen LogP contribution in [0, 0.1) is 11.3 Å². The minimum absolute atomic E-state index is 0.180. The molecular formula is C14H18O3. The average molecular weight is 234 g/mol. The highest BCUT2D eigenvalue weighted by molar-refractivity contribution is 6.11. The molecule has 0 aromatic heterocycles. The largest absolute Gasteiger partial charge is 0.504 e. The Morgan fingerprint density at radius 3 is 2.65 bits per heavy atom. The smallest absolute Gasteiger partial charge is 0.208 e. The Labute approximate surface area is 101 Å². The van der Waals surface area contributed by atoms with E-state index in [1.54, 1.807) is 0 Å². The third-order valence-electron chi connectivity index (χ3n) is 4.38. The van der Waals surface area contributed by atoms with E-state index in [2.05, 4.69) is 6.08 Å². The van der Waals surface area contributed by atoms with E-state index in [1.807, 2.05) is 13.8 Å². The number of hydrogen-bond donors (Lipinski definition) is 1. The Morgan fingerprint density at radius 1 is 1.53 bits per heavy atom. The van der Waals surface area contributed by atoms with Gasteiger partial charge in [0.15, 0.2) is 11.5 Å². The van der Waals surface area contributed by atoms with Gasteiger partial charge in [-0.3, -0.25) is 9.59 Å². The van der Waals surface area contributed by atoms with Crippen LogP contribution in [0.3, 0.4) is 0 Å². The molecule has 2 rings (SSSR count). The SMILES string of the molecule is CC(=O)C1=C(O)C(=O)[C@@]2(C1)C(C)=CCC[C@H]2C. The summed E-state index contributed by atoms with van der Waals surface area (Å²) in [6, 6.07) is 0. The number of allylic oxidation sites excluding steroid dienone is 4. The molecule has 0 aromatic rings. The number of aliphatic hydroxyl groups excluding tert-OH is 1. The quantitative estimate of drug-likeness (QED) is 0.710. The van der Waals surface area contributed by atoms with Gasteiger partial charge in [-0.05, 0) is 39.0 Å². The predicted molar refractivity (Wildman–Crippen MR) is 64.5 cm³/mol. The lowest BCUT2D eigenvalue weighted by molar-refractivity contribution is -0.126. The van der Waals surface area contributed by atoms with E-state index >= 15 is 0 Å². The van der Waals surface area contributed by atoms with Gasteiger partial charge in [0, 0.05) is 5.57 Å². The zero-order valence-corrected chi connectivity index (χ0v) is 10.5. The number of hydrogen-bond acceptors (Lipinski definition) is 3. The predicted octanol–water partition coefficient (Wildman–Crippen LogP) is 2.72. The van der Waals surface area contributed by atoms with Crippen molar-refractivity contribution in [2.75, 3.05) is 0 Å². The molecule has 1 N–H and O–H groups in total. The molecule has 3 nitrogen and oxygen atoms in total. The molecule has 0 saturated heterocycles. The van der Waals surface area contributed by atoms with Crippen molar-refractivity contribution in [1.82, 2.24) is 0 Å². The summed E-state index contributed by atoms with van der Waals surface area (Å²) in [5.41, 5.74) is 0.657. The van der Waals surface area contributed by atoms with Gasteiger partial charge in [-0.1, -0.05) is 18.6 Å². The van der Waals surface area contributed by atoms with E-state index in [9.17, 15) is 14.7 Å². The van der Waals surface area contributed by atoms with Crippen molar-refractivity contribution in [3.05, 3.63) is 23.0 Å². The molecule has 0 aliphatic heterocycles. The van der Waals surface area contributed by atoms with E-state index in [0.29, 0.717) is 12.0 Å². The molecule has 2 aliphatic carbocycles. The molecule has 0 unspecified atom stereocenters. The van der Waals surface area contributed by atoms with Crippen molar-refractivity contribution >= 4 is 11.6 Å². The van der Waals surface area contributed by atoms with E-state index in [-0.39, 0.29) is 23.2 Å². The molecule has 0 heterocycles. The van der Waals surface area contributed by atoms with Crippen LogP contribution >= 0.6 is 0 Å². The third kappa shape index (κ3) is 1.48. The zero-order chi connectivity index (χ0) is 12.8. The fourth-order valence-corrected chi connectivity index (χ4v) is 3.17. The maximum atomic E-state index is 12.3. The maximum Gasteiger partial charge on any atom is 0.208 e. The molecule has 92 valence electrons. The minimum atomic E-state index is -0.649. The molecule has 0 saturated carbocycles. The van der Waals surface area contributed by atoms with Gasteiger partial charge in [0.2, 0.25) is 5.78 Å². The van der Waals surface area contributed by atoms with Gasteiger partial charge in [0.1, 0.15) is 0 Å². The molecular weight excluding hydrogens is 216 g/mol. The lowest BCUT2D eigenvalue weighted by Gasteiger charge is -2.38. The van der Waals surface area contributed by atoms with Crippen molar-refractivity contribution < 1.29 is 14.7 Å². The van der Waals surface area contributed by atoms with E-state index in [4.69, 9.17) is 0 Å². The standard InChI is InChI=1S/C14H18O3/c1-8-5-4-6-9(2)14(8)7-11(10(3)15)12(16)13(14)17/h5,9,16H,4,6-7H2,1-3H3/t9-,14+/m1/s1. The summed E-state index contributed by atoms with van der Waals surface area (Å²) < 4.78 is 0. The van der Waals surface area contributed by atoms with E-state index in [0.717, 1.165) is 18.4 Å². The molecule has 0 amide bonds. The van der Waals surface area contributed by atoms with E-state index < -0.39 is 5.41 Å². The fourth-order valence-electron chi connectivity index (χ4n) is 3.17. The molecule has 2 atom stereocenters. The first-order valence-corrected chi connectivity index (χ1v) is 6.06. The van der Waals surface area contributed by atoms with Crippen LogP contribution in [0.25, 0.3) is 0 Å². The molecule has 0 radical (unpaired) electrons. The summed E-state index contributed by atoms with van der Waals surface area (Å²) in [4.78, 5) is 23.8. The summed E-state index contributed by atoms with van der Waals surface area (Å²) in [5.74, 6) is -0.583. The van der Waals surface area contributed by atoms with Crippen LogP contribution in [0.15, 0.2) is 23.0 Å². The van der Waals surface area contributed by atoms with Gasteiger partial charge in [0.25, 0.3) is 0 Å². The Bertz CT molecular complexity index is 456. The zero-order valence-electron chi connectivity index (χ0n) is 10.5. The second-order valence-corrected chi connectivity index (χ2v) is 5.23. The molecule has 0 bridgehead atoms. The highest BCUT2D eigenvalue weighted by Gasteiger charge is 2.53. The summed E-state index contributed by atoms with van der Waals surface area (Å²) in [6.45, 7) is 5.37. The molecule has 1 spiro atoms. The van der Waals surface area contributed by atoms with Gasteiger partial charge >= 0.3 is 0 Å². The number of ketones is 2. The Hall–Kier alpha value is -1.38. The monoisotopic (exact) mass is 234 g/mol. The number of aliphatic hydroxyl groups is 1. The summed E-state index contributed by atoms with van der Waals surface area (Å²) in [5, 5.41) is 9.86. The number of carbonyl (C=O) groups excluding carboxylic acids is 2. The van der Waals surface area contributed by atoms with Crippen molar-refractivity contribution in [2.45, 2.75) is 40.0 Å². The van der Waals surface area contributed by atoms with Crippen molar-refractivity contribution in [3.63, 3.8) is 0 Å². The van der Waals surface area contributed by atoms with Crippen LogP contribution in [0.5, 0.6) is 0 Å². The van der Waals surface area contributed by atoms with Gasteiger partial charge < -0.3 is 5.11 Å². The van der Waals surface area contributed by atoms with Gasteiger partial charge in [-0.25, -0.2) is 0 Å². The Kier molecular flexibility index (Phi) is 2.72. The molecule has 2 aliphatic rings. The lowest BCUT2D eigenvalue weighted by Crippen LogP contribution is -2.38. The van der Waals surface area contributed by atoms with Crippen LogP contribution < -0.4 is 0 Å². The van der Waals surface area contributed by atoms with Gasteiger partial charge in [-0.15, -0.1) is 0 Å². The van der Waals surface area contributed by atoms with E-state index in [1.165, 1.54) is 6.92 Å². The first-order chi connectivity index (χ1) is 7.91. The van der Waals surface area contributed by atoms with Crippen LogP contribution in [0.1, 0.15) is 40.0 Å². The second kappa shape index (κ2) is 3.83. The Morgan fingerprint density at radius 2 is 2.18 bits per heavy atom. The van der Waals surface area contributed by atoms with Crippen LogP contribution in [0.2, 0.25) is 0 Å². The average Bonchev–Trinajstić information content (AvgIpc) is 2.52. The van der Waals surface area contributed by atoms with Crippen molar-refractivity contribution in [3.8, 4) is 0 Å². The van der Waals surface area contributed by atoms with Crippen molar-refractivity contribution in [2.24, 2.45) is 11.3 Å². The molecule has 17 heavy (non-hydrogen) atoms. The highest BCUT2D eigenvalue weighted by Crippen LogP contribution is 2.52. The first-order valence-electron chi connectivity index (χ1n) is 6.06. The lowest BCUT2D eigenvalue weighted by atomic mass is 9.63. The summed E-state index contributed by atoms with van der Waals surface area (Å²) in [7, 11) is 0. The molecule has 0 fully saturated rings. The minimum Gasteiger partial charge on any atom is -0.504 e. The Balaban J connectivity index is 2.50. The summed E-state index contributed by atoms with van der Waals surface area (Å²) >= 11 is 0. The highest BCUT2D eigenvalue weighted by atomic mass is 16.3. The first kappa shape index (κ1) is 12.1. The van der Waals surface area contributed by atoms with Crippen molar-refractivity contribution in [1.29, 1.82) is 0 Å². The van der Waals surface area contributed by atoms with Gasteiger partial charge in [0.05, 0.1) is 5.41 Å². The van der Waals surface area contributed by atoms with Crippen LogP contribution in [-0.4, -0.2) is 16.7 Å².